The molecule has 0 amide bonds. The van der Waals surface area contributed by atoms with Crippen molar-refractivity contribution in [3.8, 4) is 11.5 Å². The number of imidazole rings is 1. The SMILES string of the molecule is CNC1(CC2(c3ccccc3)CCN(Cc3ncc[nH]3)CC2)N=C(N)c2cc(OC)c(OC)cc2N1. The number of nitrogens with one attached hydrogen (secondary N) is 3. The number of ether oxygens (including phenoxy) is 2. The molecule has 1 saturated heterocycles. The van der Waals surface area contributed by atoms with Gasteiger partial charge in [0.05, 0.1) is 26.5 Å². The second kappa shape index (κ2) is 9.83. The zero-order chi connectivity index (χ0) is 25.2. The molecule has 1 aromatic heterocycles. The normalized spacial score (nSPS) is 21.2. The van der Waals surface area contributed by atoms with Gasteiger partial charge in [0.2, 0.25) is 0 Å². The predicted octanol–water partition coefficient (Wildman–Crippen LogP) is 3.06. The highest BCUT2D eigenvalue weighted by atomic mass is 16.5. The van der Waals surface area contributed by atoms with Gasteiger partial charge in [-0.2, -0.15) is 0 Å². The van der Waals surface area contributed by atoms with E-state index in [9.17, 15) is 0 Å². The number of H-pyrrole nitrogens is 1. The maximum atomic E-state index is 6.55. The van der Waals surface area contributed by atoms with Crippen LogP contribution in [0.5, 0.6) is 11.5 Å². The van der Waals surface area contributed by atoms with Crippen LogP contribution in [0.15, 0.2) is 59.9 Å². The van der Waals surface area contributed by atoms with Crippen molar-refractivity contribution < 1.29 is 9.47 Å². The molecule has 2 aliphatic heterocycles. The highest BCUT2D eigenvalue weighted by Gasteiger charge is 2.45. The predicted molar refractivity (Wildman–Crippen MR) is 142 cm³/mol. The van der Waals surface area contributed by atoms with Crippen molar-refractivity contribution in [2.24, 2.45) is 10.7 Å². The zero-order valence-corrected chi connectivity index (χ0v) is 21.2. The molecule has 5 N–H and O–H groups in total. The average Bonchev–Trinajstić information content (AvgIpc) is 3.43. The lowest BCUT2D eigenvalue weighted by Gasteiger charge is -2.48. The van der Waals surface area contributed by atoms with E-state index < -0.39 is 5.79 Å². The van der Waals surface area contributed by atoms with Crippen molar-refractivity contribution in [1.29, 1.82) is 0 Å². The molecule has 5 rings (SSSR count). The fourth-order valence-corrected chi connectivity index (χ4v) is 5.59. The summed E-state index contributed by atoms with van der Waals surface area (Å²) < 4.78 is 11.0. The molecule has 190 valence electrons. The summed E-state index contributed by atoms with van der Waals surface area (Å²) in [5.41, 5.74) is 9.46. The van der Waals surface area contributed by atoms with Crippen molar-refractivity contribution in [2.45, 2.75) is 37.0 Å². The first-order chi connectivity index (χ1) is 17.5. The third-order valence-electron chi connectivity index (χ3n) is 7.59. The third-order valence-corrected chi connectivity index (χ3v) is 7.59. The smallest absolute Gasteiger partial charge is 0.187 e. The van der Waals surface area contributed by atoms with Crippen LogP contribution in [0.25, 0.3) is 0 Å². The molecule has 0 saturated carbocycles. The number of likely N-dealkylation sites (tertiary alicyclic amines) is 1. The number of aromatic nitrogens is 2. The van der Waals surface area contributed by atoms with E-state index in [1.165, 1.54) is 5.56 Å². The lowest BCUT2D eigenvalue weighted by atomic mass is 9.68. The number of fused-ring (bicyclic) bond motifs is 1. The number of methoxy groups -OCH3 is 2. The summed E-state index contributed by atoms with van der Waals surface area (Å²) in [7, 11) is 5.19. The van der Waals surface area contributed by atoms with Gasteiger partial charge in [-0.25, -0.2) is 9.98 Å². The van der Waals surface area contributed by atoms with Gasteiger partial charge in [0.25, 0.3) is 0 Å². The van der Waals surface area contributed by atoms with Crippen LogP contribution < -0.4 is 25.8 Å². The summed E-state index contributed by atoms with van der Waals surface area (Å²) in [4.78, 5) is 15.1. The van der Waals surface area contributed by atoms with Crippen LogP contribution in [0, 0.1) is 0 Å². The zero-order valence-electron chi connectivity index (χ0n) is 21.2. The number of aromatic amines is 1. The highest BCUT2D eigenvalue weighted by molar-refractivity contribution is 6.05. The molecule has 3 heterocycles. The van der Waals surface area contributed by atoms with Gasteiger partial charge in [0.1, 0.15) is 11.7 Å². The number of hydrogen-bond donors (Lipinski definition) is 4. The topological polar surface area (TPSA) is 113 Å². The molecule has 1 fully saturated rings. The number of amidine groups is 1. The molecule has 0 radical (unpaired) electrons. The van der Waals surface area contributed by atoms with E-state index in [2.05, 4.69) is 55.8 Å². The Balaban J connectivity index is 1.46. The largest absolute Gasteiger partial charge is 0.493 e. The van der Waals surface area contributed by atoms with Crippen LogP contribution in [0.2, 0.25) is 0 Å². The average molecular weight is 490 g/mol. The van der Waals surface area contributed by atoms with Gasteiger partial charge in [0.15, 0.2) is 17.3 Å². The molecule has 9 nitrogen and oxygen atoms in total. The molecule has 1 unspecified atom stereocenters. The van der Waals surface area contributed by atoms with E-state index in [1.54, 1.807) is 14.2 Å². The van der Waals surface area contributed by atoms with E-state index in [0.29, 0.717) is 17.3 Å². The van der Waals surface area contributed by atoms with Crippen molar-refractivity contribution in [3.05, 3.63) is 71.8 Å². The Morgan fingerprint density at radius 1 is 1.08 bits per heavy atom. The number of aliphatic imine (C=N–C) groups is 1. The first-order valence-electron chi connectivity index (χ1n) is 12.3. The summed E-state index contributed by atoms with van der Waals surface area (Å²) in [5.74, 6) is 1.97. The molecular weight excluding hydrogens is 454 g/mol. The van der Waals surface area contributed by atoms with Gasteiger partial charge in [-0.3, -0.25) is 10.2 Å². The Labute approximate surface area is 212 Å². The molecule has 0 bridgehead atoms. The quantitative estimate of drug-likeness (QED) is 0.385. The fraction of sp³-hybridized carbons (Fsp3) is 0.407. The number of anilines is 1. The Hall–Kier alpha value is -3.56. The van der Waals surface area contributed by atoms with E-state index in [1.807, 2.05) is 31.6 Å². The summed E-state index contributed by atoms with van der Waals surface area (Å²) in [6, 6.07) is 14.6. The summed E-state index contributed by atoms with van der Waals surface area (Å²) in [6.45, 7) is 2.76. The van der Waals surface area contributed by atoms with Gasteiger partial charge in [0, 0.05) is 35.9 Å². The first-order valence-corrected chi connectivity index (χ1v) is 12.3. The molecule has 0 spiro atoms. The minimum Gasteiger partial charge on any atom is -0.493 e. The van der Waals surface area contributed by atoms with Crippen molar-refractivity contribution in [3.63, 3.8) is 0 Å². The van der Waals surface area contributed by atoms with Crippen LogP contribution in [-0.2, 0) is 12.0 Å². The van der Waals surface area contributed by atoms with Crippen molar-refractivity contribution in [2.75, 3.05) is 39.7 Å². The van der Waals surface area contributed by atoms with E-state index in [4.69, 9.17) is 20.2 Å². The lowest BCUT2D eigenvalue weighted by molar-refractivity contribution is 0.122. The third kappa shape index (κ3) is 4.52. The minimum atomic E-state index is -0.768. The van der Waals surface area contributed by atoms with Crippen molar-refractivity contribution >= 4 is 11.5 Å². The molecule has 3 aromatic rings. The van der Waals surface area contributed by atoms with E-state index >= 15 is 0 Å². The van der Waals surface area contributed by atoms with Gasteiger partial charge < -0.3 is 25.5 Å². The highest BCUT2D eigenvalue weighted by Crippen LogP contribution is 2.45. The molecule has 1 atom stereocenters. The number of nitrogens with two attached hydrogens (primary N) is 1. The summed E-state index contributed by atoms with van der Waals surface area (Å²) in [6.07, 6.45) is 6.42. The second-order valence-corrected chi connectivity index (χ2v) is 9.62. The van der Waals surface area contributed by atoms with Gasteiger partial charge >= 0.3 is 0 Å². The van der Waals surface area contributed by atoms with Crippen LogP contribution in [0.4, 0.5) is 5.69 Å². The maximum Gasteiger partial charge on any atom is 0.187 e. The Morgan fingerprint density at radius 2 is 1.81 bits per heavy atom. The van der Waals surface area contributed by atoms with Gasteiger partial charge in [-0.1, -0.05) is 30.3 Å². The minimum absolute atomic E-state index is 0.0885. The Morgan fingerprint density at radius 3 is 2.44 bits per heavy atom. The first kappa shape index (κ1) is 24.1. The number of hydrogen-bond acceptors (Lipinski definition) is 8. The Kier molecular flexibility index (Phi) is 6.59. The van der Waals surface area contributed by atoms with Gasteiger partial charge in [-0.15, -0.1) is 0 Å². The van der Waals surface area contributed by atoms with Gasteiger partial charge in [-0.05, 0) is 44.6 Å². The van der Waals surface area contributed by atoms with Crippen LogP contribution in [0.1, 0.15) is 36.2 Å². The number of piperidine rings is 1. The second-order valence-electron chi connectivity index (χ2n) is 9.62. The van der Waals surface area contributed by atoms with E-state index in [0.717, 1.165) is 56.0 Å². The molecule has 2 aromatic carbocycles. The van der Waals surface area contributed by atoms with Crippen LogP contribution >= 0.6 is 0 Å². The molecular formula is C27H35N7O2. The standard InChI is InChI=1S/C27H35N7O2/c1-29-27(32-21-16-23(36-3)22(35-2)15-20(21)25(28)33-27)18-26(19-7-5-4-6-8-19)9-13-34(14-10-26)17-24-30-11-12-31-24/h4-8,11-12,15-16,29,32H,9-10,13-14,17-18H2,1-3H3,(H2,28,33)(H,30,31). The van der Waals surface area contributed by atoms with Crippen LogP contribution in [0.3, 0.4) is 0 Å². The summed E-state index contributed by atoms with van der Waals surface area (Å²) >= 11 is 0. The number of rotatable bonds is 8. The van der Waals surface area contributed by atoms with Crippen molar-refractivity contribution in [1.82, 2.24) is 20.2 Å². The molecule has 36 heavy (non-hydrogen) atoms. The summed E-state index contributed by atoms with van der Waals surface area (Å²) in [5, 5.41) is 7.13. The molecule has 0 aliphatic carbocycles. The maximum absolute atomic E-state index is 6.55. The Bertz CT molecular complexity index is 1200. The number of benzene rings is 2. The molecule has 9 heteroatoms. The monoisotopic (exact) mass is 489 g/mol. The fourth-order valence-electron chi connectivity index (χ4n) is 5.59. The van der Waals surface area contributed by atoms with E-state index in [-0.39, 0.29) is 5.41 Å². The lowest BCUT2D eigenvalue weighted by Crippen LogP contribution is -2.57. The number of nitrogens with zero attached hydrogens (tertiary/aromatic N) is 3. The molecule has 2 aliphatic rings. The van der Waals surface area contributed by atoms with Crippen LogP contribution in [-0.4, -0.2) is 60.8 Å².